The second kappa shape index (κ2) is 6.34. The van der Waals surface area contributed by atoms with Crippen molar-refractivity contribution in [2.45, 2.75) is 20.3 Å². The quantitative estimate of drug-likeness (QED) is 0.579. The van der Waals surface area contributed by atoms with Gasteiger partial charge in [-0.15, -0.1) is 0 Å². The first-order valence-corrected chi connectivity index (χ1v) is 5.97. The number of hydrogen-bond donors (Lipinski definition) is 0. The Bertz CT molecular complexity index is 423. The third-order valence-electron chi connectivity index (χ3n) is 1.97. The van der Waals surface area contributed by atoms with Crippen molar-refractivity contribution in [3.05, 3.63) is 35.1 Å². The molecule has 0 unspecified atom stereocenters. The van der Waals surface area contributed by atoms with E-state index in [0.717, 1.165) is 5.56 Å². The van der Waals surface area contributed by atoms with Gasteiger partial charge in [-0.3, -0.25) is 4.79 Å². The van der Waals surface area contributed by atoms with Crippen LogP contribution in [0.3, 0.4) is 0 Å². The maximum Gasteiger partial charge on any atom is 0.185 e. The number of benzene rings is 1. The first-order valence-electron chi connectivity index (χ1n) is 4.98. The van der Waals surface area contributed by atoms with E-state index in [2.05, 4.69) is 11.8 Å². The normalized spacial score (nSPS) is 9.44. The van der Waals surface area contributed by atoms with Gasteiger partial charge in [-0.05, 0) is 18.6 Å². The average Bonchev–Trinajstić information content (AvgIpc) is 2.21. The van der Waals surface area contributed by atoms with E-state index < -0.39 is 0 Å². The lowest BCUT2D eigenvalue weighted by Gasteiger charge is -1.98. The van der Waals surface area contributed by atoms with Crippen molar-refractivity contribution < 1.29 is 9.18 Å². The van der Waals surface area contributed by atoms with Gasteiger partial charge in [-0.1, -0.05) is 35.7 Å². The molecular formula is C13H13FOS. The van der Waals surface area contributed by atoms with Crippen LogP contribution in [0.2, 0.25) is 0 Å². The standard InChI is InChI=1S/C13H13FOS/c1-10-6-5-8-13(14)12(10)7-3-4-9-16-11(2)15/h5-6,8H,4,9H2,1-2H3. The Morgan fingerprint density at radius 2 is 2.25 bits per heavy atom. The summed E-state index contributed by atoms with van der Waals surface area (Å²) in [5, 5.41) is 0.0869. The van der Waals surface area contributed by atoms with Crippen molar-refractivity contribution in [2.24, 2.45) is 0 Å². The van der Waals surface area contributed by atoms with Crippen molar-refractivity contribution in [3.63, 3.8) is 0 Å². The molecule has 0 saturated carbocycles. The van der Waals surface area contributed by atoms with Gasteiger partial charge >= 0.3 is 0 Å². The van der Waals surface area contributed by atoms with Crippen LogP contribution in [0.4, 0.5) is 4.39 Å². The van der Waals surface area contributed by atoms with Crippen LogP contribution in [0.15, 0.2) is 18.2 Å². The summed E-state index contributed by atoms with van der Waals surface area (Å²) >= 11 is 1.24. The zero-order valence-electron chi connectivity index (χ0n) is 9.34. The number of halogens is 1. The monoisotopic (exact) mass is 236 g/mol. The van der Waals surface area contributed by atoms with Crippen molar-refractivity contribution in [1.29, 1.82) is 0 Å². The molecule has 84 valence electrons. The lowest BCUT2D eigenvalue weighted by molar-refractivity contribution is -0.109. The average molecular weight is 236 g/mol. The summed E-state index contributed by atoms with van der Waals surface area (Å²) in [6, 6.07) is 4.90. The highest BCUT2D eigenvalue weighted by molar-refractivity contribution is 8.13. The smallest absolute Gasteiger partial charge is 0.185 e. The summed E-state index contributed by atoms with van der Waals surface area (Å²) in [4.78, 5) is 10.6. The minimum absolute atomic E-state index is 0.0869. The second-order valence-corrected chi connectivity index (χ2v) is 4.60. The van der Waals surface area contributed by atoms with Crippen LogP contribution in [-0.4, -0.2) is 10.9 Å². The highest BCUT2D eigenvalue weighted by Crippen LogP contribution is 2.11. The molecule has 0 saturated heterocycles. The third-order valence-corrected chi connectivity index (χ3v) is 2.78. The molecule has 0 spiro atoms. The molecule has 3 heteroatoms. The van der Waals surface area contributed by atoms with Crippen LogP contribution in [-0.2, 0) is 4.79 Å². The highest BCUT2D eigenvalue weighted by Gasteiger charge is 2.00. The van der Waals surface area contributed by atoms with E-state index >= 15 is 0 Å². The van der Waals surface area contributed by atoms with Crippen molar-refractivity contribution in [3.8, 4) is 11.8 Å². The maximum absolute atomic E-state index is 13.3. The van der Waals surface area contributed by atoms with Gasteiger partial charge in [0.2, 0.25) is 0 Å². The summed E-state index contributed by atoms with van der Waals surface area (Å²) in [5.74, 6) is 6.06. The number of carbonyl (C=O) groups excluding carboxylic acids is 1. The molecule has 0 N–H and O–H groups in total. The predicted octanol–water partition coefficient (Wildman–Crippen LogP) is 3.16. The number of carbonyl (C=O) groups is 1. The first kappa shape index (κ1) is 12.8. The molecular weight excluding hydrogens is 223 g/mol. The van der Waals surface area contributed by atoms with Gasteiger partial charge in [0.05, 0.1) is 5.56 Å². The fourth-order valence-electron chi connectivity index (χ4n) is 1.19. The molecule has 0 bridgehead atoms. The van der Waals surface area contributed by atoms with Gasteiger partial charge in [0.25, 0.3) is 0 Å². The lowest BCUT2D eigenvalue weighted by atomic mass is 10.1. The van der Waals surface area contributed by atoms with Crippen LogP contribution >= 0.6 is 11.8 Å². The Hall–Kier alpha value is -1.27. The van der Waals surface area contributed by atoms with E-state index in [4.69, 9.17) is 0 Å². The van der Waals surface area contributed by atoms with Gasteiger partial charge in [0.15, 0.2) is 5.12 Å². The topological polar surface area (TPSA) is 17.1 Å². The SMILES string of the molecule is CC(=O)SCCC#Cc1c(C)cccc1F. The molecule has 0 radical (unpaired) electrons. The Morgan fingerprint density at radius 3 is 2.88 bits per heavy atom. The lowest BCUT2D eigenvalue weighted by Crippen LogP contribution is -1.88. The van der Waals surface area contributed by atoms with Gasteiger partial charge in [-0.2, -0.15) is 0 Å². The number of aryl methyl sites for hydroxylation is 1. The van der Waals surface area contributed by atoms with Crippen LogP contribution in [0.25, 0.3) is 0 Å². The van der Waals surface area contributed by atoms with E-state index in [0.29, 0.717) is 17.7 Å². The summed E-state index contributed by atoms with van der Waals surface area (Å²) in [7, 11) is 0. The third kappa shape index (κ3) is 4.08. The van der Waals surface area contributed by atoms with Crippen LogP contribution in [0.5, 0.6) is 0 Å². The minimum atomic E-state index is -0.285. The van der Waals surface area contributed by atoms with Crippen LogP contribution in [0.1, 0.15) is 24.5 Å². The van der Waals surface area contributed by atoms with Crippen molar-refractivity contribution in [1.82, 2.24) is 0 Å². The summed E-state index contributed by atoms with van der Waals surface area (Å²) in [6.45, 7) is 3.36. The fraction of sp³-hybridized carbons (Fsp3) is 0.308. The van der Waals surface area contributed by atoms with E-state index in [1.165, 1.54) is 24.8 Å². The van der Waals surface area contributed by atoms with Gasteiger partial charge < -0.3 is 0 Å². The summed E-state index contributed by atoms with van der Waals surface area (Å²) in [6.07, 6.45) is 0.595. The Kier molecular flexibility index (Phi) is 5.07. The number of thioether (sulfide) groups is 1. The molecule has 0 aliphatic rings. The molecule has 0 atom stereocenters. The Morgan fingerprint density at radius 1 is 1.50 bits per heavy atom. The molecule has 1 rings (SSSR count). The van der Waals surface area contributed by atoms with Crippen LogP contribution < -0.4 is 0 Å². The minimum Gasteiger partial charge on any atom is -0.288 e. The Balaban J connectivity index is 2.60. The van der Waals surface area contributed by atoms with Crippen molar-refractivity contribution >= 4 is 16.9 Å². The molecule has 0 aromatic heterocycles. The van der Waals surface area contributed by atoms with Gasteiger partial charge in [-0.25, -0.2) is 4.39 Å². The maximum atomic E-state index is 13.3. The highest BCUT2D eigenvalue weighted by atomic mass is 32.2. The largest absolute Gasteiger partial charge is 0.288 e. The number of rotatable bonds is 2. The molecule has 1 aromatic carbocycles. The zero-order chi connectivity index (χ0) is 12.0. The molecule has 0 aliphatic heterocycles. The molecule has 1 aromatic rings. The predicted molar refractivity (Wildman–Crippen MR) is 65.8 cm³/mol. The zero-order valence-corrected chi connectivity index (χ0v) is 10.2. The second-order valence-electron chi connectivity index (χ2n) is 3.32. The number of hydrogen-bond acceptors (Lipinski definition) is 2. The summed E-state index contributed by atoms with van der Waals surface area (Å²) < 4.78 is 13.3. The van der Waals surface area contributed by atoms with E-state index in [-0.39, 0.29) is 10.9 Å². The first-order chi connectivity index (χ1) is 7.61. The Labute approximate surface area is 99.4 Å². The van der Waals surface area contributed by atoms with Gasteiger partial charge in [0, 0.05) is 19.1 Å². The van der Waals surface area contributed by atoms with E-state index in [1.54, 1.807) is 6.07 Å². The molecule has 16 heavy (non-hydrogen) atoms. The van der Waals surface area contributed by atoms with Gasteiger partial charge in [0.1, 0.15) is 5.82 Å². The summed E-state index contributed by atoms with van der Waals surface area (Å²) in [5.41, 5.74) is 1.29. The molecule has 0 fully saturated rings. The molecule has 0 heterocycles. The molecule has 0 amide bonds. The van der Waals surface area contributed by atoms with Crippen molar-refractivity contribution in [2.75, 3.05) is 5.75 Å². The molecule has 0 aliphatic carbocycles. The van der Waals surface area contributed by atoms with E-state index in [1.807, 2.05) is 13.0 Å². The van der Waals surface area contributed by atoms with E-state index in [9.17, 15) is 9.18 Å². The van der Waals surface area contributed by atoms with Crippen LogP contribution in [0, 0.1) is 24.6 Å². The molecule has 1 nitrogen and oxygen atoms in total. The fourth-order valence-corrected chi connectivity index (χ4v) is 1.68.